The predicted molar refractivity (Wildman–Crippen MR) is 112 cm³/mol. The molecule has 1 amide bonds. The van der Waals surface area contributed by atoms with Gasteiger partial charge in [0.05, 0.1) is 11.3 Å². The van der Waals surface area contributed by atoms with Crippen molar-refractivity contribution >= 4 is 50.9 Å². The summed E-state index contributed by atoms with van der Waals surface area (Å²) in [5.74, 6) is 1.18. The van der Waals surface area contributed by atoms with Crippen LogP contribution >= 0.6 is 27.7 Å². The van der Waals surface area contributed by atoms with E-state index in [-0.39, 0.29) is 17.2 Å². The fraction of sp³-hybridized carbons (Fsp3) is 0.353. The molecule has 146 valence electrons. The van der Waals surface area contributed by atoms with Crippen molar-refractivity contribution in [3.05, 3.63) is 33.2 Å². The molecule has 3 N–H and O–H groups in total. The molecule has 0 aliphatic heterocycles. The van der Waals surface area contributed by atoms with Gasteiger partial charge < -0.3 is 20.6 Å². The van der Waals surface area contributed by atoms with Gasteiger partial charge >= 0.3 is 0 Å². The van der Waals surface area contributed by atoms with Gasteiger partial charge in [-0.3, -0.25) is 4.79 Å². The maximum atomic E-state index is 12.3. The lowest BCUT2D eigenvalue weighted by atomic mass is 10.1. The van der Waals surface area contributed by atoms with E-state index in [1.807, 2.05) is 13.0 Å². The first-order valence-corrected chi connectivity index (χ1v) is 10.0. The van der Waals surface area contributed by atoms with Crippen molar-refractivity contribution in [1.82, 2.24) is 15.2 Å². The Labute approximate surface area is 170 Å². The standard InChI is InChI=1S/C17H22BrN5O3S/c1-5-10(27-6-2)9-19-15-16(22-26-21-15)20-12-8-7-11(18)13(14(12)24)17(25)23(3)4/h5,7-8,24H,6,9H2,1-4H3,(H,19,21)(H,20,22)/b10-5-. The topological polar surface area (TPSA) is 104 Å². The third-order valence-electron chi connectivity index (χ3n) is 3.57. The highest BCUT2D eigenvalue weighted by molar-refractivity contribution is 9.10. The van der Waals surface area contributed by atoms with E-state index in [2.05, 4.69) is 43.8 Å². The Bertz CT molecular complexity index is 838. The number of benzene rings is 1. The Morgan fingerprint density at radius 1 is 1.37 bits per heavy atom. The minimum Gasteiger partial charge on any atom is -0.505 e. The van der Waals surface area contributed by atoms with Crippen LogP contribution in [0.5, 0.6) is 5.75 Å². The fourth-order valence-corrected chi connectivity index (χ4v) is 3.40. The maximum absolute atomic E-state index is 12.3. The molecule has 0 saturated heterocycles. The summed E-state index contributed by atoms with van der Waals surface area (Å²) in [7, 11) is 3.23. The molecule has 1 aromatic heterocycles. The molecule has 0 atom stereocenters. The molecule has 0 saturated carbocycles. The third kappa shape index (κ3) is 5.16. The number of aromatic nitrogens is 2. The smallest absolute Gasteiger partial charge is 0.258 e. The Morgan fingerprint density at radius 2 is 2.07 bits per heavy atom. The highest BCUT2D eigenvalue weighted by atomic mass is 79.9. The van der Waals surface area contributed by atoms with E-state index in [9.17, 15) is 9.90 Å². The molecule has 0 bridgehead atoms. The number of amides is 1. The molecular formula is C17H22BrN5O3S. The van der Waals surface area contributed by atoms with Crippen LogP contribution in [0, 0.1) is 0 Å². The van der Waals surface area contributed by atoms with Crippen molar-refractivity contribution < 1.29 is 14.5 Å². The zero-order chi connectivity index (χ0) is 20.0. The van der Waals surface area contributed by atoms with E-state index in [0.717, 1.165) is 10.7 Å². The number of hydrogen-bond acceptors (Lipinski definition) is 8. The second kappa shape index (κ2) is 9.65. The zero-order valence-corrected chi connectivity index (χ0v) is 17.9. The van der Waals surface area contributed by atoms with Crippen LogP contribution in [0.3, 0.4) is 0 Å². The number of carbonyl (C=O) groups is 1. The monoisotopic (exact) mass is 455 g/mol. The number of carbonyl (C=O) groups excluding carboxylic acids is 1. The van der Waals surface area contributed by atoms with Crippen LogP contribution in [0.25, 0.3) is 0 Å². The number of allylic oxidation sites excluding steroid dienone is 1. The molecule has 1 aromatic carbocycles. The van der Waals surface area contributed by atoms with Crippen molar-refractivity contribution in [2.24, 2.45) is 0 Å². The molecule has 0 radical (unpaired) electrons. The summed E-state index contributed by atoms with van der Waals surface area (Å²) in [5.41, 5.74) is 0.475. The van der Waals surface area contributed by atoms with E-state index in [4.69, 9.17) is 4.63 Å². The van der Waals surface area contributed by atoms with Crippen LogP contribution in [0.2, 0.25) is 0 Å². The van der Waals surface area contributed by atoms with Crippen molar-refractivity contribution in [2.45, 2.75) is 13.8 Å². The van der Waals surface area contributed by atoms with Gasteiger partial charge in [-0.05, 0) is 56.0 Å². The van der Waals surface area contributed by atoms with Gasteiger partial charge in [0.2, 0.25) is 11.6 Å². The van der Waals surface area contributed by atoms with Gasteiger partial charge in [-0.15, -0.1) is 11.8 Å². The molecule has 8 nitrogen and oxygen atoms in total. The van der Waals surface area contributed by atoms with Crippen LogP contribution in [0.4, 0.5) is 17.3 Å². The molecule has 10 heteroatoms. The zero-order valence-electron chi connectivity index (χ0n) is 15.5. The first-order valence-electron chi connectivity index (χ1n) is 8.23. The largest absolute Gasteiger partial charge is 0.505 e. The molecule has 2 rings (SSSR count). The van der Waals surface area contributed by atoms with Gasteiger partial charge in [-0.1, -0.05) is 13.0 Å². The Kier molecular flexibility index (Phi) is 7.55. The normalized spacial score (nSPS) is 11.4. The van der Waals surface area contributed by atoms with E-state index < -0.39 is 0 Å². The molecule has 1 heterocycles. The summed E-state index contributed by atoms with van der Waals surface area (Å²) in [6.45, 7) is 4.64. The second-order valence-electron chi connectivity index (χ2n) is 5.65. The first-order chi connectivity index (χ1) is 12.9. The second-order valence-corrected chi connectivity index (χ2v) is 7.89. The molecule has 0 aliphatic rings. The summed E-state index contributed by atoms with van der Waals surface area (Å²) >= 11 is 5.04. The fourth-order valence-electron chi connectivity index (χ4n) is 2.20. The van der Waals surface area contributed by atoms with E-state index in [1.54, 1.807) is 38.0 Å². The number of halogens is 1. The Balaban J connectivity index is 2.23. The minimum absolute atomic E-state index is 0.159. The first kappa shape index (κ1) is 21.1. The number of anilines is 3. The summed E-state index contributed by atoms with van der Waals surface area (Å²) in [6.07, 6.45) is 2.03. The lowest BCUT2D eigenvalue weighted by molar-refractivity contribution is 0.0824. The van der Waals surface area contributed by atoms with Crippen molar-refractivity contribution in [3.8, 4) is 5.75 Å². The third-order valence-corrected chi connectivity index (χ3v) is 5.27. The van der Waals surface area contributed by atoms with Crippen molar-refractivity contribution in [3.63, 3.8) is 0 Å². The van der Waals surface area contributed by atoms with E-state index >= 15 is 0 Å². The molecular weight excluding hydrogens is 434 g/mol. The number of nitrogens with zero attached hydrogens (tertiary/aromatic N) is 3. The lowest BCUT2D eigenvalue weighted by Crippen LogP contribution is -2.22. The van der Waals surface area contributed by atoms with Crippen LogP contribution in [0.15, 0.2) is 32.2 Å². The number of aromatic hydroxyl groups is 1. The van der Waals surface area contributed by atoms with Crippen LogP contribution in [-0.2, 0) is 0 Å². The van der Waals surface area contributed by atoms with E-state index in [0.29, 0.717) is 28.3 Å². The van der Waals surface area contributed by atoms with E-state index in [1.165, 1.54) is 4.90 Å². The predicted octanol–water partition coefficient (Wildman–Crippen LogP) is 4.05. The quantitative estimate of drug-likeness (QED) is 0.512. The number of phenols is 1. The number of nitrogens with one attached hydrogen (secondary N) is 2. The molecule has 0 unspecified atom stereocenters. The average Bonchev–Trinajstić information content (AvgIpc) is 3.08. The van der Waals surface area contributed by atoms with Crippen LogP contribution < -0.4 is 10.6 Å². The molecule has 0 fully saturated rings. The minimum atomic E-state index is -0.325. The molecule has 0 spiro atoms. The highest BCUT2D eigenvalue weighted by Crippen LogP contribution is 2.36. The van der Waals surface area contributed by atoms with Gasteiger partial charge in [0.25, 0.3) is 5.91 Å². The van der Waals surface area contributed by atoms with Gasteiger partial charge in [0.1, 0.15) is 0 Å². The Hall–Kier alpha value is -2.20. The summed E-state index contributed by atoms with van der Waals surface area (Å²) < 4.78 is 5.30. The van der Waals surface area contributed by atoms with Crippen molar-refractivity contribution in [2.75, 3.05) is 37.0 Å². The average molecular weight is 456 g/mol. The lowest BCUT2D eigenvalue weighted by Gasteiger charge is -2.16. The van der Waals surface area contributed by atoms with Gasteiger partial charge in [0.15, 0.2) is 5.75 Å². The number of thioether (sulfide) groups is 1. The van der Waals surface area contributed by atoms with Crippen LogP contribution in [-0.4, -0.2) is 52.6 Å². The summed E-state index contributed by atoms with van der Waals surface area (Å²) in [6, 6.07) is 3.31. The van der Waals surface area contributed by atoms with Crippen LogP contribution in [0.1, 0.15) is 24.2 Å². The number of rotatable bonds is 8. The molecule has 2 aromatic rings. The molecule has 27 heavy (non-hydrogen) atoms. The van der Waals surface area contributed by atoms with Gasteiger partial charge in [-0.25, -0.2) is 4.63 Å². The SMILES string of the molecule is C/C=C(/CNc1nonc1Nc1ccc(Br)c(C(=O)N(C)C)c1O)SCC. The summed E-state index contributed by atoms with van der Waals surface area (Å²) in [4.78, 5) is 14.9. The Morgan fingerprint density at radius 3 is 2.70 bits per heavy atom. The number of phenolic OH excluding ortho intramolecular Hbond substituents is 1. The molecule has 0 aliphatic carbocycles. The number of hydrogen-bond donors (Lipinski definition) is 3. The van der Waals surface area contributed by atoms with Gasteiger partial charge in [-0.2, -0.15) is 0 Å². The van der Waals surface area contributed by atoms with Gasteiger partial charge in [0, 0.05) is 25.1 Å². The van der Waals surface area contributed by atoms with Crippen molar-refractivity contribution in [1.29, 1.82) is 0 Å². The summed E-state index contributed by atoms with van der Waals surface area (Å²) in [5, 5.41) is 24.3. The maximum Gasteiger partial charge on any atom is 0.258 e. The highest BCUT2D eigenvalue weighted by Gasteiger charge is 2.21.